The van der Waals surface area contributed by atoms with Crippen molar-refractivity contribution < 1.29 is 4.84 Å². The molecule has 4 nitrogen and oxygen atoms in total. The van der Waals surface area contributed by atoms with Crippen molar-refractivity contribution >= 4 is 16.5 Å². The molecule has 0 saturated heterocycles. The number of thiazole rings is 1. The van der Waals surface area contributed by atoms with Gasteiger partial charge in [0.25, 0.3) is 0 Å². The first-order valence-corrected chi connectivity index (χ1v) is 4.19. The average molecular weight is 173 g/mol. The van der Waals surface area contributed by atoms with Crippen molar-refractivity contribution in [3.05, 3.63) is 11.1 Å². The van der Waals surface area contributed by atoms with Gasteiger partial charge in [0.15, 0.2) is 5.13 Å². The molecule has 0 radical (unpaired) electrons. The van der Waals surface area contributed by atoms with E-state index in [0.717, 1.165) is 12.1 Å². The number of anilines is 1. The van der Waals surface area contributed by atoms with Crippen LogP contribution in [0.4, 0.5) is 5.13 Å². The summed E-state index contributed by atoms with van der Waals surface area (Å²) >= 11 is 1.45. The van der Waals surface area contributed by atoms with E-state index < -0.39 is 0 Å². The van der Waals surface area contributed by atoms with Gasteiger partial charge in [-0.1, -0.05) is 0 Å². The third-order valence-electron chi connectivity index (χ3n) is 1.17. The average Bonchev–Trinajstić information content (AvgIpc) is 2.37. The van der Waals surface area contributed by atoms with E-state index in [1.54, 1.807) is 7.05 Å². The normalized spacial score (nSPS) is 10.3. The quantitative estimate of drug-likeness (QED) is 0.511. The van der Waals surface area contributed by atoms with Crippen LogP contribution in [0.2, 0.25) is 0 Å². The van der Waals surface area contributed by atoms with Gasteiger partial charge in [0.1, 0.15) is 0 Å². The van der Waals surface area contributed by atoms with Crippen molar-refractivity contribution in [2.24, 2.45) is 0 Å². The summed E-state index contributed by atoms with van der Waals surface area (Å²) in [7, 11) is 1.73. The topological polar surface area (TPSA) is 60.2 Å². The number of aromatic nitrogens is 1. The molecule has 0 saturated carbocycles. The van der Waals surface area contributed by atoms with E-state index in [4.69, 9.17) is 10.6 Å². The summed E-state index contributed by atoms with van der Waals surface area (Å²) in [5.74, 6) is 0. The lowest BCUT2D eigenvalue weighted by atomic mass is 10.4. The summed E-state index contributed by atoms with van der Waals surface area (Å²) in [4.78, 5) is 8.99. The molecule has 0 bridgehead atoms. The Hall–Kier alpha value is -0.650. The van der Waals surface area contributed by atoms with Crippen LogP contribution in [-0.2, 0) is 11.3 Å². The van der Waals surface area contributed by atoms with E-state index >= 15 is 0 Å². The molecule has 0 aromatic carbocycles. The largest absolute Gasteiger partial charge is 0.375 e. The van der Waals surface area contributed by atoms with Gasteiger partial charge in [0.05, 0.1) is 12.3 Å². The first-order valence-electron chi connectivity index (χ1n) is 3.31. The van der Waals surface area contributed by atoms with Crippen molar-refractivity contribution in [3.63, 3.8) is 0 Å². The fourth-order valence-electron chi connectivity index (χ4n) is 0.695. The van der Waals surface area contributed by atoms with Crippen LogP contribution in [0.25, 0.3) is 0 Å². The van der Waals surface area contributed by atoms with Crippen LogP contribution in [0, 0.1) is 0 Å². The highest BCUT2D eigenvalue weighted by atomic mass is 32.1. The summed E-state index contributed by atoms with van der Waals surface area (Å²) in [5.41, 5.74) is 9.01. The maximum Gasteiger partial charge on any atom is 0.180 e. The van der Waals surface area contributed by atoms with Gasteiger partial charge < -0.3 is 10.6 Å². The van der Waals surface area contributed by atoms with E-state index in [1.807, 2.05) is 5.38 Å². The second-order valence-electron chi connectivity index (χ2n) is 1.98. The van der Waals surface area contributed by atoms with Crippen molar-refractivity contribution in [1.82, 2.24) is 10.5 Å². The highest BCUT2D eigenvalue weighted by Crippen LogP contribution is 2.10. The minimum absolute atomic E-state index is 0.615. The van der Waals surface area contributed by atoms with Gasteiger partial charge >= 0.3 is 0 Å². The van der Waals surface area contributed by atoms with Gasteiger partial charge in [-0.15, -0.1) is 11.3 Å². The standard InChI is InChI=1S/C6H11N3OS/c1-8-10-3-2-5-4-11-6(7)9-5/h4,8H,2-3H2,1H3,(H2,7,9). The van der Waals surface area contributed by atoms with E-state index in [1.165, 1.54) is 11.3 Å². The van der Waals surface area contributed by atoms with Gasteiger partial charge in [-0.05, 0) is 0 Å². The molecule has 0 spiro atoms. The Labute approximate surface area is 69.3 Å². The Morgan fingerprint density at radius 1 is 1.82 bits per heavy atom. The van der Waals surface area contributed by atoms with E-state index in [9.17, 15) is 0 Å². The molecule has 0 fully saturated rings. The highest BCUT2D eigenvalue weighted by Gasteiger charge is 1.97. The van der Waals surface area contributed by atoms with Gasteiger partial charge in [0.2, 0.25) is 0 Å². The lowest BCUT2D eigenvalue weighted by molar-refractivity contribution is 0.0600. The monoisotopic (exact) mass is 173 g/mol. The summed E-state index contributed by atoms with van der Waals surface area (Å²) < 4.78 is 0. The van der Waals surface area contributed by atoms with Crippen LogP contribution >= 0.6 is 11.3 Å². The molecule has 62 valence electrons. The number of hydroxylamine groups is 1. The smallest absolute Gasteiger partial charge is 0.180 e. The van der Waals surface area contributed by atoms with E-state index in [-0.39, 0.29) is 0 Å². The molecule has 0 aliphatic heterocycles. The van der Waals surface area contributed by atoms with E-state index in [2.05, 4.69) is 10.5 Å². The maximum atomic E-state index is 5.43. The van der Waals surface area contributed by atoms with Crippen LogP contribution < -0.4 is 11.2 Å². The molecule has 3 N–H and O–H groups in total. The number of hydrogen-bond donors (Lipinski definition) is 2. The number of nitrogens with zero attached hydrogens (tertiary/aromatic N) is 1. The second kappa shape index (κ2) is 4.27. The zero-order valence-corrected chi connectivity index (χ0v) is 7.15. The highest BCUT2D eigenvalue weighted by molar-refractivity contribution is 7.13. The van der Waals surface area contributed by atoms with Gasteiger partial charge in [-0.25, -0.2) is 10.5 Å². The summed E-state index contributed by atoms with van der Waals surface area (Å²) in [6, 6.07) is 0. The molecule has 1 aromatic rings. The van der Waals surface area contributed by atoms with Crippen LogP contribution in [0.5, 0.6) is 0 Å². The van der Waals surface area contributed by atoms with Crippen molar-refractivity contribution in [2.75, 3.05) is 19.4 Å². The number of nitrogens with two attached hydrogens (primary N) is 1. The predicted molar refractivity (Wildman–Crippen MR) is 45.2 cm³/mol. The van der Waals surface area contributed by atoms with Gasteiger partial charge in [-0.2, -0.15) is 0 Å². The van der Waals surface area contributed by atoms with Crippen molar-refractivity contribution in [1.29, 1.82) is 0 Å². The van der Waals surface area contributed by atoms with Crippen molar-refractivity contribution in [2.45, 2.75) is 6.42 Å². The van der Waals surface area contributed by atoms with E-state index in [0.29, 0.717) is 11.7 Å². The number of nitrogen functional groups attached to an aromatic ring is 1. The molecule has 0 aliphatic carbocycles. The molecule has 1 heterocycles. The number of hydrogen-bond acceptors (Lipinski definition) is 5. The second-order valence-corrected chi connectivity index (χ2v) is 2.87. The SMILES string of the molecule is CNOCCc1csc(N)n1. The Morgan fingerprint density at radius 3 is 3.18 bits per heavy atom. The van der Waals surface area contributed by atoms with Crippen LogP contribution in [0.3, 0.4) is 0 Å². The Bertz CT molecular complexity index is 213. The Balaban J connectivity index is 2.27. The van der Waals surface area contributed by atoms with Crippen molar-refractivity contribution in [3.8, 4) is 0 Å². The third-order valence-corrected chi connectivity index (χ3v) is 1.90. The minimum atomic E-state index is 0.615. The molecular formula is C6H11N3OS. The maximum absolute atomic E-state index is 5.43. The Morgan fingerprint density at radius 2 is 2.64 bits per heavy atom. The first kappa shape index (κ1) is 8.45. The molecule has 0 aliphatic rings. The van der Waals surface area contributed by atoms with Gasteiger partial charge in [0, 0.05) is 18.8 Å². The molecule has 0 atom stereocenters. The fourth-order valence-corrected chi connectivity index (χ4v) is 1.29. The molecule has 0 unspecified atom stereocenters. The zero-order chi connectivity index (χ0) is 8.10. The number of rotatable bonds is 4. The summed E-state index contributed by atoms with van der Waals surface area (Å²) in [5, 5.41) is 2.55. The lowest BCUT2D eigenvalue weighted by Crippen LogP contribution is -2.10. The minimum Gasteiger partial charge on any atom is -0.375 e. The Kier molecular flexibility index (Phi) is 3.28. The van der Waals surface area contributed by atoms with Crippen LogP contribution in [0.15, 0.2) is 5.38 Å². The zero-order valence-electron chi connectivity index (χ0n) is 6.33. The summed E-state index contributed by atoms with van der Waals surface area (Å²) in [6.07, 6.45) is 0.800. The molecule has 1 rings (SSSR count). The molecular weight excluding hydrogens is 162 g/mol. The molecule has 5 heteroatoms. The molecule has 11 heavy (non-hydrogen) atoms. The molecule has 0 amide bonds. The summed E-state index contributed by atoms with van der Waals surface area (Å²) in [6.45, 7) is 0.625. The fraction of sp³-hybridized carbons (Fsp3) is 0.500. The first-order chi connectivity index (χ1) is 5.33. The predicted octanol–water partition coefficient (Wildman–Crippen LogP) is 0.419. The third kappa shape index (κ3) is 2.83. The number of nitrogens with one attached hydrogen (secondary N) is 1. The van der Waals surface area contributed by atoms with Crippen LogP contribution in [0.1, 0.15) is 5.69 Å². The molecule has 1 aromatic heterocycles. The van der Waals surface area contributed by atoms with Crippen LogP contribution in [-0.4, -0.2) is 18.6 Å². The van der Waals surface area contributed by atoms with Gasteiger partial charge in [-0.3, -0.25) is 0 Å². The lowest BCUT2D eigenvalue weighted by Gasteiger charge is -1.97.